The van der Waals surface area contributed by atoms with Gasteiger partial charge in [0.05, 0.1) is 11.8 Å². The molecule has 206 valence electrons. The van der Waals surface area contributed by atoms with Crippen LogP contribution in [0.15, 0.2) is 4.52 Å². The average Bonchev–Trinajstić information content (AvgIpc) is 3.36. The number of amides is 2. The van der Waals surface area contributed by atoms with Gasteiger partial charge in [-0.1, -0.05) is 25.9 Å². The van der Waals surface area contributed by atoms with Crippen molar-refractivity contribution in [2.45, 2.75) is 111 Å². The Morgan fingerprint density at radius 3 is 2.49 bits per heavy atom. The van der Waals surface area contributed by atoms with E-state index in [2.05, 4.69) is 31.2 Å². The van der Waals surface area contributed by atoms with E-state index in [-0.39, 0.29) is 34.8 Å². The van der Waals surface area contributed by atoms with Crippen LogP contribution in [0.5, 0.6) is 0 Å². The van der Waals surface area contributed by atoms with Crippen molar-refractivity contribution in [1.29, 1.82) is 0 Å². The van der Waals surface area contributed by atoms with E-state index in [1.807, 2.05) is 6.92 Å². The molecule has 4 aliphatic carbocycles. The summed E-state index contributed by atoms with van der Waals surface area (Å²) in [5, 5.41) is 18.8. The van der Waals surface area contributed by atoms with Crippen molar-refractivity contribution in [1.82, 2.24) is 10.5 Å². The van der Waals surface area contributed by atoms with Gasteiger partial charge in [0.25, 0.3) is 5.91 Å². The average molecular weight is 514 g/mol. The highest BCUT2D eigenvalue weighted by atomic mass is 16.5. The summed E-state index contributed by atoms with van der Waals surface area (Å²) in [6, 6.07) is 0.124. The van der Waals surface area contributed by atoms with E-state index in [0.717, 1.165) is 32.1 Å². The third-order valence-electron chi connectivity index (χ3n) is 11.9. The van der Waals surface area contributed by atoms with Crippen molar-refractivity contribution >= 4 is 11.8 Å². The van der Waals surface area contributed by atoms with Gasteiger partial charge in [-0.3, -0.25) is 9.59 Å². The van der Waals surface area contributed by atoms with Crippen LogP contribution in [0.3, 0.4) is 0 Å². The number of rotatable bonds is 6. The highest BCUT2D eigenvalue weighted by molar-refractivity contribution is 5.96. The van der Waals surface area contributed by atoms with Crippen LogP contribution in [-0.4, -0.2) is 34.2 Å². The predicted molar refractivity (Wildman–Crippen MR) is 141 cm³/mol. The van der Waals surface area contributed by atoms with E-state index in [9.17, 15) is 14.7 Å². The summed E-state index contributed by atoms with van der Waals surface area (Å²) >= 11 is 0. The summed E-state index contributed by atoms with van der Waals surface area (Å²) in [7, 11) is 0. The maximum absolute atomic E-state index is 13.0. The molecular weight excluding hydrogens is 466 g/mol. The Labute approximate surface area is 221 Å². The van der Waals surface area contributed by atoms with Gasteiger partial charge in [-0.25, -0.2) is 0 Å². The van der Waals surface area contributed by atoms with E-state index in [1.54, 1.807) is 6.92 Å². The van der Waals surface area contributed by atoms with E-state index in [4.69, 9.17) is 10.3 Å². The molecule has 0 radical (unpaired) electrons. The van der Waals surface area contributed by atoms with Gasteiger partial charge in [0, 0.05) is 12.5 Å². The van der Waals surface area contributed by atoms with E-state index in [0.29, 0.717) is 58.9 Å². The Hall–Kier alpha value is -1.89. The fourth-order valence-corrected chi connectivity index (χ4v) is 9.97. The van der Waals surface area contributed by atoms with Crippen LogP contribution in [0.4, 0.5) is 0 Å². The molecule has 0 spiro atoms. The molecule has 4 N–H and O–H groups in total. The zero-order valence-corrected chi connectivity index (χ0v) is 23.4. The monoisotopic (exact) mass is 513 g/mol. The summed E-state index contributed by atoms with van der Waals surface area (Å²) in [6.07, 6.45) is 9.71. The number of aromatic nitrogens is 1. The lowest BCUT2D eigenvalue weighted by Crippen LogP contribution is -2.59. The molecule has 4 fully saturated rings. The number of carbonyl (C=O) groups excluding carboxylic acids is 2. The predicted octanol–water partition coefficient (Wildman–Crippen LogP) is 4.92. The van der Waals surface area contributed by atoms with Crippen LogP contribution in [-0.2, 0) is 4.79 Å². The first-order valence-electron chi connectivity index (χ1n) is 14.7. The van der Waals surface area contributed by atoms with Crippen molar-refractivity contribution in [2.24, 2.45) is 52.1 Å². The van der Waals surface area contributed by atoms with Crippen LogP contribution in [0.1, 0.15) is 107 Å². The molecule has 2 amide bonds. The number of nitrogens with two attached hydrogens (primary N) is 1. The van der Waals surface area contributed by atoms with Gasteiger partial charge in [0.1, 0.15) is 11.3 Å². The third-order valence-corrected chi connectivity index (χ3v) is 11.9. The smallest absolute Gasteiger partial charge is 0.257 e. The fraction of sp³-hybridized carbons (Fsp3) is 0.833. The molecular formula is C30H47N3O4. The zero-order chi connectivity index (χ0) is 26.7. The highest BCUT2D eigenvalue weighted by Crippen LogP contribution is 2.68. The van der Waals surface area contributed by atoms with E-state index >= 15 is 0 Å². The number of aliphatic hydroxyl groups excluding tert-OH is 1. The lowest BCUT2D eigenvalue weighted by molar-refractivity contribution is -0.166. The normalized spacial score (nSPS) is 41.8. The van der Waals surface area contributed by atoms with Crippen molar-refractivity contribution in [3.63, 3.8) is 0 Å². The lowest BCUT2D eigenvalue weighted by Gasteiger charge is -2.62. The molecule has 0 aliphatic heterocycles. The van der Waals surface area contributed by atoms with E-state index < -0.39 is 0 Å². The lowest BCUT2D eigenvalue weighted by atomic mass is 9.43. The van der Waals surface area contributed by atoms with Crippen molar-refractivity contribution in [3.8, 4) is 0 Å². The third kappa shape index (κ3) is 4.43. The molecule has 7 nitrogen and oxygen atoms in total. The summed E-state index contributed by atoms with van der Waals surface area (Å²) < 4.78 is 5.21. The molecule has 4 saturated carbocycles. The topological polar surface area (TPSA) is 118 Å². The van der Waals surface area contributed by atoms with Gasteiger partial charge in [-0.2, -0.15) is 0 Å². The first kappa shape index (κ1) is 26.7. The first-order valence-corrected chi connectivity index (χ1v) is 14.7. The number of fused-ring (bicyclic) bond motifs is 5. The Balaban J connectivity index is 1.29. The number of carbonyl (C=O) groups is 2. The molecule has 7 heteroatoms. The fourth-order valence-electron chi connectivity index (χ4n) is 9.97. The van der Waals surface area contributed by atoms with Crippen molar-refractivity contribution in [3.05, 3.63) is 17.0 Å². The number of nitrogens with one attached hydrogen (secondary N) is 1. The summed E-state index contributed by atoms with van der Waals surface area (Å²) in [5.74, 6) is 3.24. The van der Waals surface area contributed by atoms with Gasteiger partial charge in [-0.15, -0.1) is 0 Å². The van der Waals surface area contributed by atoms with Crippen molar-refractivity contribution in [2.75, 3.05) is 0 Å². The molecule has 1 aromatic heterocycles. The number of primary amides is 1. The van der Waals surface area contributed by atoms with Gasteiger partial charge in [0.2, 0.25) is 5.91 Å². The highest BCUT2D eigenvalue weighted by Gasteiger charge is 2.62. The quantitative estimate of drug-likeness (QED) is 0.499. The molecule has 0 saturated heterocycles. The largest absolute Gasteiger partial charge is 0.393 e. The maximum atomic E-state index is 13.0. The minimum absolute atomic E-state index is 0.0880. The van der Waals surface area contributed by atoms with Crippen LogP contribution in [0, 0.1) is 60.2 Å². The Morgan fingerprint density at radius 1 is 1.11 bits per heavy atom. The Kier molecular flexibility index (Phi) is 7.00. The van der Waals surface area contributed by atoms with Crippen LogP contribution < -0.4 is 11.1 Å². The standard InChI is InChI=1S/C30H47N3O4/c1-16(6-9-25(31)35)21-7-8-22-27-23(11-13-30(21,22)5)29(4)12-10-20(14-19(29)15-24(27)34)32-28(36)26-17(2)33-37-18(26)3/h16,19-24,27,34H,6-15H2,1-5H3,(H2,31,35)(H,32,36)/t16-,19+,20+,21-,22+,23+,24-,27+,29+,30-/m1/s1. The number of nitrogens with zero attached hydrogens (tertiary/aromatic N) is 1. The molecule has 4 aliphatic rings. The molecule has 1 aromatic rings. The number of hydrogen-bond donors (Lipinski definition) is 3. The second kappa shape index (κ2) is 9.69. The molecule has 0 bridgehead atoms. The second-order valence-corrected chi connectivity index (χ2v) is 13.7. The molecule has 0 unspecified atom stereocenters. The van der Waals surface area contributed by atoms with Crippen LogP contribution in [0.25, 0.3) is 0 Å². The van der Waals surface area contributed by atoms with Gasteiger partial charge in [0.15, 0.2) is 0 Å². The molecule has 1 heterocycles. The molecule has 5 rings (SSSR count). The second-order valence-electron chi connectivity index (χ2n) is 13.7. The maximum Gasteiger partial charge on any atom is 0.257 e. The minimum Gasteiger partial charge on any atom is -0.393 e. The summed E-state index contributed by atoms with van der Waals surface area (Å²) in [4.78, 5) is 24.4. The summed E-state index contributed by atoms with van der Waals surface area (Å²) in [5.41, 5.74) is 7.10. The number of aliphatic hydroxyl groups is 1. The molecule has 0 aromatic carbocycles. The number of aryl methyl sites for hydroxylation is 2. The van der Waals surface area contributed by atoms with Gasteiger partial charge < -0.3 is 20.7 Å². The van der Waals surface area contributed by atoms with Crippen LogP contribution in [0.2, 0.25) is 0 Å². The Morgan fingerprint density at radius 2 is 1.81 bits per heavy atom. The molecule has 10 atom stereocenters. The van der Waals surface area contributed by atoms with Gasteiger partial charge in [-0.05, 0) is 118 Å². The molecule has 37 heavy (non-hydrogen) atoms. The number of hydrogen-bond acceptors (Lipinski definition) is 5. The van der Waals surface area contributed by atoms with E-state index in [1.165, 1.54) is 25.7 Å². The SMILES string of the molecule is Cc1noc(C)c1C(=O)N[C@H]1CC[C@@]2(C)[C@@H](C1)C[C@@H](O)[C@@H]1[C@@H]2CC[C@]2(C)[C@@H]([C@H](C)CCC(N)=O)CC[C@@H]12. The van der Waals surface area contributed by atoms with Gasteiger partial charge >= 0.3 is 0 Å². The minimum atomic E-state index is -0.274. The first-order chi connectivity index (χ1) is 17.5. The van der Waals surface area contributed by atoms with Crippen molar-refractivity contribution < 1.29 is 19.2 Å². The van der Waals surface area contributed by atoms with Crippen LogP contribution >= 0.6 is 0 Å². The summed E-state index contributed by atoms with van der Waals surface area (Å²) in [6.45, 7) is 10.9. The zero-order valence-electron chi connectivity index (χ0n) is 23.4. The Bertz CT molecular complexity index is 1020.